The van der Waals surface area contributed by atoms with Crippen LogP contribution in [0.3, 0.4) is 0 Å². The predicted molar refractivity (Wildman–Crippen MR) is 94.6 cm³/mol. The van der Waals surface area contributed by atoms with Gasteiger partial charge < -0.3 is 14.8 Å². The molecule has 1 aromatic heterocycles. The fourth-order valence-corrected chi connectivity index (χ4v) is 3.36. The van der Waals surface area contributed by atoms with E-state index in [0.29, 0.717) is 18.3 Å². The number of carbonyl (C=O) groups excluding carboxylic acids is 1. The van der Waals surface area contributed by atoms with Crippen LogP contribution in [0.2, 0.25) is 0 Å². The van der Waals surface area contributed by atoms with Crippen LogP contribution in [0.5, 0.6) is 5.75 Å². The highest BCUT2D eigenvalue weighted by Crippen LogP contribution is 2.26. The highest BCUT2D eigenvalue weighted by Gasteiger charge is 2.19. The Morgan fingerprint density at radius 1 is 1.46 bits per heavy atom. The van der Waals surface area contributed by atoms with Crippen molar-refractivity contribution in [2.75, 3.05) is 38.7 Å². The number of benzene rings is 1. The summed E-state index contributed by atoms with van der Waals surface area (Å²) >= 11 is 1.43. The van der Waals surface area contributed by atoms with Crippen molar-refractivity contribution in [3.63, 3.8) is 0 Å². The van der Waals surface area contributed by atoms with Gasteiger partial charge in [-0.25, -0.2) is 4.98 Å². The van der Waals surface area contributed by atoms with Crippen LogP contribution in [-0.4, -0.2) is 55.2 Å². The number of amides is 1. The summed E-state index contributed by atoms with van der Waals surface area (Å²) < 4.78 is 10.6. The van der Waals surface area contributed by atoms with Crippen molar-refractivity contribution < 1.29 is 14.3 Å². The summed E-state index contributed by atoms with van der Waals surface area (Å²) in [5, 5.41) is 5.43. The Kier molecular flexibility index (Phi) is 5.44. The molecule has 2 heterocycles. The van der Waals surface area contributed by atoms with Gasteiger partial charge in [-0.15, -0.1) is 11.3 Å². The minimum absolute atomic E-state index is 0.0419. The van der Waals surface area contributed by atoms with Crippen molar-refractivity contribution in [3.8, 4) is 17.0 Å². The van der Waals surface area contributed by atoms with E-state index in [1.807, 2.05) is 36.6 Å². The number of nitrogens with one attached hydrogen (secondary N) is 1. The minimum atomic E-state index is -0.0419. The molecule has 1 atom stereocenters. The van der Waals surface area contributed by atoms with Crippen molar-refractivity contribution in [1.29, 1.82) is 0 Å². The molecule has 1 aliphatic rings. The summed E-state index contributed by atoms with van der Waals surface area (Å²) in [6.07, 6.45) is 0.174. The Hall–Kier alpha value is -1.96. The Balaban J connectivity index is 1.57. The third kappa shape index (κ3) is 4.31. The van der Waals surface area contributed by atoms with Gasteiger partial charge in [-0.3, -0.25) is 9.69 Å². The van der Waals surface area contributed by atoms with E-state index in [1.54, 1.807) is 7.11 Å². The molecule has 1 unspecified atom stereocenters. The zero-order valence-electron chi connectivity index (χ0n) is 13.8. The van der Waals surface area contributed by atoms with Crippen molar-refractivity contribution in [1.82, 2.24) is 9.88 Å². The number of methoxy groups -OCH3 is 1. The Morgan fingerprint density at radius 2 is 2.25 bits per heavy atom. The second kappa shape index (κ2) is 7.74. The van der Waals surface area contributed by atoms with Crippen molar-refractivity contribution >= 4 is 22.4 Å². The summed E-state index contributed by atoms with van der Waals surface area (Å²) in [7, 11) is 1.64. The smallest absolute Gasteiger partial charge is 0.240 e. The number of morpholine rings is 1. The van der Waals surface area contributed by atoms with Gasteiger partial charge in [-0.2, -0.15) is 0 Å². The third-order valence-corrected chi connectivity index (χ3v) is 4.59. The van der Waals surface area contributed by atoms with Gasteiger partial charge in [0, 0.05) is 24.0 Å². The highest BCUT2D eigenvalue weighted by molar-refractivity contribution is 7.14. The molecule has 1 N–H and O–H groups in total. The summed E-state index contributed by atoms with van der Waals surface area (Å²) in [4.78, 5) is 18.8. The lowest BCUT2D eigenvalue weighted by atomic mass is 10.2. The van der Waals surface area contributed by atoms with Gasteiger partial charge in [0.15, 0.2) is 5.13 Å². The lowest BCUT2D eigenvalue weighted by Gasteiger charge is -2.30. The van der Waals surface area contributed by atoms with Gasteiger partial charge in [0.05, 0.1) is 32.1 Å². The van der Waals surface area contributed by atoms with E-state index in [2.05, 4.69) is 15.2 Å². The number of thiazole rings is 1. The zero-order chi connectivity index (χ0) is 16.9. The third-order valence-electron chi connectivity index (χ3n) is 3.83. The number of anilines is 1. The molecule has 6 nitrogen and oxygen atoms in total. The van der Waals surface area contributed by atoms with Crippen molar-refractivity contribution in [2.24, 2.45) is 0 Å². The Labute approximate surface area is 145 Å². The lowest BCUT2D eigenvalue weighted by molar-refractivity contribution is -0.119. The zero-order valence-corrected chi connectivity index (χ0v) is 14.6. The van der Waals surface area contributed by atoms with E-state index in [4.69, 9.17) is 9.47 Å². The van der Waals surface area contributed by atoms with E-state index >= 15 is 0 Å². The normalized spacial score (nSPS) is 18.3. The molecule has 128 valence electrons. The molecule has 3 rings (SSSR count). The van der Waals surface area contributed by atoms with E-state index in [-0.39, 0.29) is 12.0 Å². The highest BCUT2D eigenvalue weighted by atomic mass is 32.1. The number of hydrogen-bond acceptors (Lipinski definition) is 6. The molecule has 1 saturated heterocycles. The Morgan fingerprint density at radius 3 is 2.96 bits per heavy atom. The van der Waals surface area contributed by atoms with Gasteiger partial charge >= 0.3 is 0 Å². The molecule has 2 aromatic rings. The largest absolute Gasteiger partial charge is 0.497 e. The molecule has 1 fully saturated rings. The predicted octanol–water partition coefficient (Wildman–Crippen LogP) is 2.48. The first-order valence-corrected chi connectivity index (χ1v) is 8.76. The van der Waals surface area contributed by atoms with Crippen LogP contribution in [0.15, 0.2) is 29.6 Å². The summed E-state index contributed by atoms with van der Waals surface area (Å²) in [5.41, 5.74) is 1.84. The van der Waals surface area contributed by atoms with E-state index < -0.39 is 0 Å². The SMILES string of the molecule is COc1ccc(-c2csc(NC(=O)CN3CCOC(C)C3)n2)cc1. The van der Waals surface area contributed by atoms with Gasteiger partial charge in [0.2, 0.25) is 5.91 Å². The molecular weight excluding hydrogens is 326 g/mol. The molecule has 1 amide bonds. The first-order chi connectivity index (χ1) is 11.6. The van der Waals surface area contributed by atoms with Crippen LogP contribution in [0.25, 0.3) is 11.3 Å². The van der Waals surface area contributed by atoms with Crippen LogP contribution in [-0.2, 0) is 9.53 Å². The first-order valence-electron chi connectivity index (χ1n) is 7.88. The maximum absolute atomic E-state index is 12.2. The van der Waals surface area contributed by atoms with Crippen LogP contribution >= 0.6 is 11.3 Å². The molecular formula is C17H21N3O3S. The van der Waals surface area contributed by atoms with E-state index in [9.17, 15) is 4.79 Å². The summed E-state index contributed by atoms with van der Waals surface area (Å²) in [6, 6.07) is 7.70. The molecule has 24 heavy (non-hydrogen) atoms. The van der Waals surface area contributed by atoms with E-state index in [1.165, 1.54) is 11.3 Å². The Bertz CT molecular complexity index is 687. The molecule has 0 bridgehead atoms. The molecule has 1 aromatic carbocycles. The number of carbonyl (C=O) groups is 1. The average molecular weight is 347 g/mol. The topological polar surface area (TPSA) is 63.7 Å². The van der Waals surface area contributed by atoms with Crippen LogP contribution < -0.4 is 10.1 Å². The second-order valence-electron chi connectivity index (χ2n) is 5.73. The van der Waals surface area contributed by atoms with Crippen molar-refractivity contribution in [2.45, 2.75) is 13.0 Å². The molecule has 0 spiro atoms. The quantitative estimate of drug-likeness (QED) is 0.900. The number of ether oxygens (including phenoxy) is 2. The average Bonchev–Trinajstić information content (AvgIpc) is 3.03. The number of nitrogens with zero attached hydrogens (tertiary/aromatic N) is 2. The standard InChI is InChI=1S/C17H21N3O3S/c1-12-9-20(7-8-23-12)10-16(21)19-17-18-15(11-24-17)13-3-5-14(22-2)6-4-13/h3-6,11-12H,7-10H2,1-2H3,(H,18,19,21). The second-order valence-corrected chi connectivity index (χ2v) is 6.59. The number of aromatic nitrogens is 1. The number of rotatable bonds is 5. The molecule has 0 saturated carbocycles. The van der Waals surface area contributed by atoms with Crippen LogP contribution in [0, 0.1) is 0 Å². The fourth-order valence-electron chi connectivity index (χ4n) is 2.62. The monoisotopic (exact) mass is 347 g/mol. The maximum Gasteiger partial charge on any atom is 0.240 e. The maximum atomic E-state index is 12.2. The molecule has 1 aliphatic heterocycles. The summed E-state index contributed by atoms with van der Waals surface area (Å²) in [5.74, 6) is 0.766. The molecule has 0 radical (unpaired) electrons. The molecule has 7 heteroatoms. The lowest BCUT2D eigenvalue weighted by Crippen LogP contribution is -2.44. The van der Waals surface area contributed by atoms with Gasteiger partial charge in [0.1, 0.15) is 5.75 Å². The van der Waals surface area contributed by atoms with Gasteiger partial charge in [0.25, 0.3) is 0 Å². The van der Waals surface area contributed by atoms with Crippen LogP contribution in [0.4, 0.5) is 5.13 Å². The van der Waals surface area contributed by atoms with Crippen LogP contribution in [0.1, 0.15) is 6.92 Å². The van der Waals surface area contributed by atoms with Crippen molar-refractivity contribution in [3.05, 3.63) is 29.6 Å². The minimum Gasteiger partial charge on any atom is -0.497 e. The number of hydrogen-bond donors (Lipinski definition) is 1. The first kappa shape index (κ1) is 16.9. The summed E-state index contributed by atoms with van der Waals surface area (Å²) in [6.45, 7) is 4.62. The molecule has 0 aliphatic carbocycles. The fraction of sp³-hybridized carbons (Fsp3) is 0.412. The van der Waals surface area contributed by atoms with E-state index in [0.717, 1.165) is 30.1 Å². The van der Waals surface area contributed by atoms with Gasteiger partial charge in [-0.05, 0) is 31.2 Å². The van der Waals surface area contributed by atoms with Gasteiger partial charge in [-0.1, -0.05) is 0 Å².